The van der Waals surface area contributed by atoms with Gasteiger partial charge >= 0.3 is 0 Å². The van der Waals surface area contributed by atoms with Crippen molar-refractivity contribution in [3.8, 4) is 11.5 Å². The quantitative estimate of drug-likeness (QED) is 0.272. The molecule has 0 saturated heterocycles. The lowest BCUT2D eigenvalue weighted by Gasteiger charge is -2.13. The van der Waals surface area contributed by atoms with Crippen LogP contribution in [0.3, 0.4) is 0 Å². The maximum atomic E-state index is 5.93. The first-order chi connectivity index (χ1) is 15.3. The van der Waals surface area contributed by atoms with Crippen molar-refractivity contribution in [2.24, 2.45) is 4.99 Å². The van der Waals surface area contributed by atoms with Gasteiger partial charge in [0.1, 0.15) is 6.61 Å². The van der Waals surface area contributed by atoms with E-state index in [1.807, 2.05) is 55.5 Å². The Kier molecular flexibility index (Phi) is 11.9. The van der Waals surface area contributed by atoms with Crippen LogP contribution >= 0.6 is 0 Å². The Morgan fingerprint density at radius 1 is 0.903 bits per heavy atom. The van der Waals surface area contributed by atoms with Gasteiger partial charge in [-0.05, 0) is 36.6 Å². The van der Waals surface area contributed by atoms with E-state index in [0.29, 0.717) is 38.7 Å². The van der Waals surface area contributed by atoms with Crippen molar-refractivity contribution in [1.29, 1.82) is 0 Å². The molecule has 0 spiro atoms. The molecule has 0 fully saturated rings. The number of benzene rings is 2. The normalized spacial score (nSPS) is 11.3. The third-order valence-electron chi connectivity index (χ3n) is 4.42. The first kappa shape index (κ1) is 24.5. The lowest BCUT2D eigenvalue weighted by molar-refractivity contribution is 0.0698. The minimum absolute atomic E-state index is 0.498. The molecule has 31 heavy (non-hydrogen) atoms. The number of nitrogens with one attached hydrogen (secondary N) is 2. The van der Waals surface area contributed by atoms with Gasteiger partial charge in [-0.2, -0.15) is 0 Å². The number of hydrogen-bond acceptors (Lipinski definition) is 5. The minimum atomic E-state index is 0.498. The summed E-state index contributed by atoms with van der Waals surface area (Å²) in [4.78, 5) is 4.67. The summed E-state index contributed by atoms with van der Waals surface area (Å²) >= 11 is 0. The molecule has 2 N–H and O–H groups in total. The average molecular weight is 430 g/mol. The predicted molar refractivity (Wildman–Crippen MR) is 124 cm³/mol. The van der Waals surface area contributed by atoms with Crippen LogP contribution in [0.5, 0.6) is 11.5 Å². The fourth-order valence-corrected chi connectivity index (χ4v) is 2.80. The first-order valence-electron chi connectivity index (χ1n) is 10.7. The zero-order valence-electron chi connectivity index (χ0n) is 18.9. The third-order valence-corrected chi connectivity index (χ3v) is 4.42. The molecule has 0 atom stereocenters. The Labute approximate surface area is 185 Å². The van der Waals surface area contributed by atoms with E-state index in [9.17, 15) is 0 Å². The summed E-state index contributed by atoms with van der Waals surface area (Å²) in [6.07, 6.45) is 0.898. The molecule has 2 rings (SSSR count). The van der Waals surface area contributed by atoms with Gasteiger partial charge in [0.15, 0.2) is 17.5 Å². The molecule has 0 bridgehead atoms. The zero-order valence-corrected chi connectivity index (χ0v) is 18.9. The molecule has 0 aliphatic rings. The van der Waals surface area contributed by atoms with Crippen LogP contribution in [0.15, 0.2) is 53.5 Å². The summed E-state index contributed by atoms with van der Waals surface area (Å²) in [5.74, 6) is 2.20. The van der Waals surface area contributed by atoms with Gasteiger partial charge in [-0.1, -0.05) is 36.4 Å². The molecular weight excluding hydrogens is 394 g/mol. The van der Waals surface area contributed by atoms with Gasteiger partial charge < -0.3 is 29.6 Å². The average Bonchev–Trinajstić information content (AvgIpc) is 2.81. The molecule has 0 radical (unpaired) electrons. The van der Waals surface area contributed by atoms with Crippen LogP contribution in [-0.2, 0) is 22.6 Å². The number of ether oxygens (including phenoxy) is 4. The Bertz CT molecular complexity index is 769. The molecule has 7 heteroatoms. The largest absolute Gasteiger partial charge is 0.493 e. The topological polar surface area (TPSA) is 73.3 Å². The Morgan fingerprint density at radius 2 is 1.74 bits per heavy atom. The fourth-order valence-electron chi connectivity index (χ4n) is 2.80. The highest BCUT2D eigenvalue weighted by atomic mass is 16.5. The highest BCUT2D eigenvalue weighted by Gasteiger charge is 2.07. The zero-order chi connectivity index (χ0) is 22.2. The van der Waals surface area contributed by atoms with E-state index in [-0.39, 0.29) is 0 Å². The van der Waals surface area contributed by atoms with Gasteiger partial charge in [0.05, 0.1) is 26.9 Å². The third kappa shape index (κ3) is 9.72. The van der Waals surface area contributed by atoms with Gasteiger partial charge in [0, 0.05) is 26.8 Å². The summed E-state index contributed by atoms with van der Waals surface area (Å²) < 4.78 is 21.9. The summed E-state index contributed by atoms with van der Waals surface area (Å²) in [5, 5.41) is 6.60. The van der Waals surface area contributed by atoms with E-state index in [4.69, 9.17) is 18.9 Å². The van der Waals surface area contributed by atoms with Crippen LogP contribution in [-0.4, -0.2) is 53.1 Å². The van der Waals surface area contributed by atoms with Crippen LogP contribution in [0.25, 0.3) is 0 Å². The molecule has 2 aromatic carbocycles. The van der Waals surface area contributed by atoms with Crippen LogP contribution < -0.4 is 20.1 Å². The van der Waals surface area contributed by atoms with Crippen molar-refractivity contribution in [2.75, 3.05) is 47.1 Å². The van der Waals surface area contributed by atoms with Crippen molar-refractivity contribution in [1.82, 2.24) is 10.6 Å². The van der Waals surface area contributed by atoms with Crippen molar-refractivity contribution in [2.45, 2.75) is 26.5 Å². The second kappa shape index (κ2) is 15.1. The standard InChI is InChI=1S/C24H35N3O4/c1-4-25-24(26-13-8-14-30-16-15-28-2)27-18-21-11-12-22(23(17-21)29-3)31-19-20-9-6-5-7-10-20/h5-7,9-12,17H,4,8,13-16,18-19H2,1-3H3,(H2,25,26,27). The van der Waals surface area contributed by atoms with Crippen LogP contribution in [0.2, 0.25) is 0 Å². The number of methoxy groups -OCH3 is 2. The van der Waals surface area contributed by atoms with Gasteiger partial charge in [0.25, 0.3) is 0 Å². The minimum Gasteiger partial charge on any atom is -0.493 e. The Balaban J connectivity index is 1.86. The number of rotatable bonds is 14. The molecule has 0 aliphatic carbocycles. The molecule has 0 saturated carbocycles. The van der Waals surface area contributed by atoms with Crippen molar-refractivity contribution in [3.63, 3.8) is 0 Å². The monoisotopic (exact) mass is 429 g/mol. The van der Waals surface area contributed by atoms with Crippen molar-refractivity contribution in [3.05, 3.63) is 59.7 Å². The molecule has 2 aromatic rings. The van der Waals surface area contributed by atoms with Gasteiger partial charge in [0.2, 0.25) is 0 Å². The van der Waals surface area contributed by atoms with Crippen LogP contribution in [0.4, 0.5) is 0 Å². The summed E-state index contributed by atoms with van der Waals surface area (Å²) in [6, 6.07) is 16.0. The van der Waals surface area contributed by atoms with E-state index in [1.165, 1.54) is 0 Å². The van der Waals surface area contributed by atoms with Crippen LogP contribution in [0, 0.1) is 0 Å². The Hall–Kier alpha value is -2.77. The molecule has 0 amide bonds. The number of aliphatic imine (C=N–C) groups is 1. The van der Waals surface area contributed by atoms with E-state index >= 15 is 0 Å². The molecule has 7 nitrogen and oxygen atoms in total. The molecule has 0 aromatic heterocycles. The Morgan fingerprint density at radius 3 is 2.48 bits per heavy atom. The van der Waals surface area contributed by atoms with Gasteiger partial charge in [-0.25, -0.2) is 4.99 Å². The summed E-state index contributed by atoms with van der Waals surface area (Å²) in [7, 11) is 3.32. The van der Waals surface area contributed by atoms with Crippen molar-refractivity contribution < 1.29 is 18.9 Å². The number of guanidine groups is 1. The van der Waals surface area contributed by atoms with E-state index in [2.05, 4.69) is 15.6 Å². The fraction of sp³-hybridized carbons (Fsp3) is 0.458. The molecule has 0 unspecified atom stereocenters. The van der Waals surface area contributed by atoms with Gasteiger partial charge in [-0.3, -0.25) is 0 Å². The second-order valence-corrected chi connectivity index (χ2v) is 6.84. The molecule has 0 aliphatic heterocycles. The summed E-state index contributed by atoms with van der Waals surface area (Å²) in [6.45, 7) is 6.60. The predicted octanol–water partition coefficient (Wildman–Crippen LogP) is 3.38. The molecular formula is C24H35N3O4. The molecule has 170 valence electrons. The highest BCUT2D eigenvalue weighted by Crippen LogP contribution is 2.29. The smallest absolute Gasteiger partial charge is 0.191 e. The maximum absolute atomic E-state index is 5.93. The number of nitrogens with zero attached hydrogens (tertiary/aromatic N) is 1. The summed E-state index contributed by atoms with van der Waals surface area (Å²) in [5.41, 5.74) is 2.16. The SMILES string of the molecule is CCNC(=NCc1ccc(OCc2ccccc2)c(OC)c1)NCCCOCCOC. The molecule has 0 heterocycles. The first-order valence-corrected chi connectivity index (χ1v) is 10.7. The lowest BCUT2D eigenvalue weighted by Crippen LogP contribution is -2.38. The van der Waals surface area contributed by atoms with E-state index in [1.54, 1.807) is 14.2 Å². The van der Waals surface area contributed by atoms with Crippen molar-refractivity contribution >= 4 is 5.96 Å². The maximum Gasteiger partial charge on any atom is 0.191 e. The highest BCUT2D eigenvalue weighted by molar-refractivity contribution is 5.79. The van der Waals surface area contributed by atoms with Crippen LogP contribution in [0.1, 0.15) is 24.5 Å². The van der Waals surface area contributed by atoms with E-state index in [0.717, 1.165) is 42.3 Å². The number of hydrogen-bond donors (Lipinski definition) is 2. The second-order valence-electron chi connectivity index (χ2n) is 6.84. The van der Waals surface area contributed by atoms with E-state index < -0.39 is 0 Å². The van der Waals surface area contributed by atoms with Gasteiger partial charge in [-0.15, -0.1) is 0 Å². The lowest BCUT2D eigenvalue weighted by atomic mass is 10.2.